The summed E-state index contributed by atoms with van der Waals surface area (Å²) in [4.78, 5) is 0. The molecule has 0 unspecified atom stereocenters. The third-order valence-corrected chi connectivity index (χ3v) is 24.3. The van der Waals surface area contributed by atoms with Gasteiger partial charge in [-0.1, -0.05) is 246 Å². The number of benzene rings is 18. The highest BCUT2D eigenvalue weighted by molar-refractivity contribution is 6.26. The quantitative estimate of drug-likeness (QED) is 0.165. The lowest BCUT2D eigenvalue weighted by molar-refractivity contribution is 0.647. The van der Waals surface area contributed by atoms with Crippen molar-refractivity contribution in [3.05, 3.63) is 350 Å². The van der Waals surface area contributed by atoms with Gasteiger partial charge in [0.15, 0.2) is 0 Å². The van der Waals surface area contributed by atoms with Crippen LogP contribution < -0.4 is 0 Å². The second-order valence-corrected chi connectivity index (χ2v) is 30.6. The van der Waals surface area contributed by atoms with Crippen molar-refractivity contribution in [1.29, 1.82) is 0 Å². The summed E-state index contributed by atoms with van der Waals surface area (Å²) in [5.74, 6) is 0. The third kappa shape index (κ3) is 8.29. The molecule has 0 bridgehead atoms. The molecule has 0 aliphatic heterocycles. The standard InChI is InChI=1S/2C51H33NO/c1-51(2)45-28-48-43(26-41(45)42-27-44-39-16-8-10-18-49(39)53-50(44)29-46(42)51)38-15-7-9-17-47(38)52(48)32-22-19-30(20-23-32)31-21-24-37-35-13-4-3-11-33(35)34-12-5-6-14-36(34)40(37)25-31;1-51(2)45-28-48-43(26-41(45)42-27-44-38-16-8-10-18-49(38)53-50(44)29-46(42)51)37-15-7-9-17-47(37)52(48)32-22-19-31(20-23-32)39-25-40-33-12-4-3-11-30(33)21-24-36(40)34-13-5-6-14-35(34)39/h2*3-29H,1-2H3. The Morgan fingerprint density at radius 3 is 1.04 bits per heavy atom. The molecule has 0 atom stereocenters. The Bertz CT molecular complexity index is 7580. The Morgan fingerprint density at radius 2 is 0.538 bits per heavy atom. The van der Waals surface area contributed by atoms with E-state index >= 15 is 0 Å². The molecule has 22 aromatic rings. The molecule has 4 nitrogen and oxygen atoms in total. The van der Waals surface area contributed by atoms with Gasteiger partial charge in [-0.3, -0.25) is 0 Å². The highest BCUT2D eigenvalue weighted by atomic mass is 16.3. The zero-order valence-electron chi connectivity index (χ0n) is 58.9. The van der Waals surface area contributed by atoms with Crippen LogP contribution in [-0.2, 0) is 10.8 Å². The van der Waals surface area contributed by atoms with Crippen molar-refractivity contribution in [2.75, 3.05) is 0 Å². The number of furan rings is 2. The lowest BCUT2D eigenvalue weighted by Crippen LogP contribution is -2.15. The van der Waals surface area contributed by atoms with E-state index in [0.717, 1.165) is 33.7 Å². The van der Waals surface area contributed by atoms with Crippen molar-refractivity contribution in [1.82, 2.24) is 9.13 Å². The Labute approximate surface area is 610 Å². The van der Waals surface area contributed by atoms with Gasteiger partial charge in [-0.25, -0.2) is 0 Å². The number of rotatable bonds is 4. The molecule has 0 N–H and O–H groups in total. The van der Waals surface area contributed by atoms with Gasteiger partial charge in [0.1, 0.15) is 22.3 Å². The summed E-state index contributed by atoms with van der Waals surface area (Å²) < 4.78 is 17.6. The lowest BCUT2D eigenvalue weighted by Gasteiger charge is -2.21. The van der Waals surface area contributed by atoms with Crippen LogP contribution in [0.4, 0.5) is 0 Å². The van der Waals surface area contributed by atoms with Crippen molar-refractivity contribution >= 4 is 152 Å². The average molecular weight is 1350 g/mol. The van der Waals surface area contributed by atoms with Gasteiger partial charge in [0.05, 0.1) is 22.1 Å². The van der Waals surface area contributed by atoms with E-state index in [2.05, 4.69) is 352 Å². The first-order valence-electron chi connectivity index (χ1n) is 37.0. The topological polar surface area (TPSA) is 36.1 Å². The van der Waals surface area contributed by atoms with Crippen LogP contribution in [0, 0.1) is 0 Å². The van der Waals surface area contributed by atoms with Crippen LogP contribution in [0.25, 0.3) is 208 Å². The SMILES string of the molecule is CC1(C)c2cc3oc4ccccc4c3cc2-c2cc3c4ccccc4n(-c4ccc(-c5cc6c7ccccc7ccc6c6ccccc56)cc4)c3cc21.CC1(C)c2cc3oc4ccccc4c3cc2-c2cc3c4ccccc4n(-c4ccc(-c5ccc6c7ccccc7c7ccccc7c6c5)cc4)c3cc21. The molecule has 106 heavy (non-hydrogen) atoms. The molecule has 496 valence electrons. The van der Waals surface area contributed by atoms with Crippen molar-refractivity contribution in [2.24, 2.45) is 0 Å². The Kier molecular flexibility index (Phi) is 12.1. The normalized spacial score (nSPS) is 13.6. The zero-order valence-corrected chi connectivity index (χ0v) is 58.9. The molecule has 0 fully saturated rings. The second-order valence-electron chi connectivity index (χ2n) is 30.6. The molecule has 24 rings (SSSR count). The summed E-state index contributed by atoms with van der Waals surface area (Å²) in [5, 5.41) is 25.3. The molecule has 2 aliphatic carbocycles. The molecular weight excluding hydrogens is 1290 g/mol. The highest BCUT2D eigenvalue weighted by Crippen LogP contribution is 2.56. The summed E-state index contributed by atoms with van der Waals surface area (Å²) in [7, 11) is 0. The van der Waals surface area contributed by atoms with Crippen molar-refractivity contribution in [3.8, 4) is 55.9 Å². The fourth-order valence-electron chi connectivity index (χ4n) is 19.2. The van der Waals surface area contributed by atoms with Crippen LogP contribution in [0.2, 0.25) is 0 Å². The molecule has 0 spiro atoms. The number of para-hydroxylation sites is 4. The minimum absolute atomic E-state index is 0.178. The van der Waals surface area contributed by atoms with Crippen molar-refractivity contribution in [2.45, 2.75) is 38.5 Å². The summed E-state index contributed by atoms with van der Waals surface area (Å²) in [6, 6.07) is 121. The summed E-state index contributed by atoms with van der Waals surface area (Å²) >= 11 is 0. The van der Waals surface area contributed by atoms with Crippen LogP contribution in [-0.4, -0.2) is 9.13 Å². The average Bonchev–Trinajstić information content (AvgIpc) is 1.53. The highest BCUT2D eigenvalue weighted by Gasteiger charge is 2.39. The van der Waals surface area contributed by atoms with E-state index in [1.54, 1.807) is 0 Å². The molecule has 2 aliphatic rings. The molecular formula is C102H66N2O2. The van der Waals surface area contributed by atoms with Crippen molar-refractivity contribution < 1.29 is 8.83 Å². The van der Waals surface area contributed by atoms with Gasteiger partial charge in [0.2, 0.25) is 0 Å². The number of nitrogens with zero attached hydrogens (tertiary/aromatic N) is 2. The summed E-state index contributed by atoms with van der Waals surface area (Å²) in [6.07, 6.45) is 0. The van der Waals surface area contributed by atoms with Gasteiger partial charge in [-0.05, 0) is 241 Å². The van der Waals surface area contributed by atoms with Gasteiger partial charge < -0.3 is 18.0 Å². The predicted molar refractivity (Wildman–Crippen MR) is 447 cm³/mol. The van der Waals surface area contributed by atoms with Gasteiger partial charge in [0.25, 0.3) is 0 Å². The first-order valence-corrected chi connectivity index (χ1v) is 37.0. The van der Waals surface area contributed by atoms with E-state index in [1.165, 1.54) is 197 Å². The summed E-state index contributed by atoms with van der Waals surface area (Å²) in [5.41, 5.74) is 26.2. The maximum Gasteiger partial charge on any atom is 0.135 e. The van der Waals surface area contributed by atoms with Crippen LogP contribution in [0.5, 0.6) is 0 Å². The van der Waals surface area contributed by atoms with E-state index in [9.17, 15) is 0 Å². The van der Waals surface area contributed by atoms with Gasteiger partial charge in [-0.2, -0.15) is 0 Å². The molecule has 0 amide bonds. The first kappa shape index (κ1) is 59.3. The largest absolute Gasteiger partial charge is 0.456 e. The summed E-state index contributed by atoms with van der Waals surface area (Å²) in [6.45, 7) is 9.43. The molecule has 0 saturated carbocycles. The van der Waals surface area contributed by atoms with Crippen LogP contribution in [0.1, 0.15) is 49.9 Å². The smallest absolute Gasteiger partial charge is 0.135 e. The molecule has 0 saturated heterocycles. The minimum atomic E-state index is -0.182. The fraction of sp³-hybridized carbons (Fsp3) is 0.0588. The number of hydrogen-bond donors (Lipinski definition) is 0. The predicted octanol–water partition coefficient (Wildman–Crippen LogP) is 28.2. The monoisotopic (exact) mass is 1350 g/mol. The Hall–Kier alpha value is -13.3. The van der Waals surface area contributed by atoms with E-state index in [1.807, 2.05) is 12.1 Å². The minimum Gasteiger partial charge on any atom is -0.456 e. The maximum atomic E-state index is 6.37. The van der Waals surface area contributed by atoms with Gasteiger partial charge >= 0.3 is 0 Å². The van der Waals surface area contributed by atoms with E-state index in [0.29, 0.717) is 0 Å². The van der Waals surface area contributed by atoms with Crippen LogP contribution >= 0.6 is 0 Å². The Balaban J connectivity index is 0.000000129. The molecule has 4 heterocycles. The number of hydrogen-bond acceptors (Lipinski definition) is 2. The Morgan fingerprint density at radius 1 is 0.198 bits per heavy atom. The molecule has 4 aromatic heterocycles. The fourth-order valence-corrected chi connectivity index (χ4v) is 19.2. The maximum absolute atomic E-state index is 6.37. The molecule has 18 aromatic carbocycles. The zero-order chi connectivity index (χ0) is 70.0. The molecule has 4 heteroatoms. The van der Waals surface area contributed by atoms with Crippen LogP contribution in [0.15, 0.2) is 336 Å². The van der Waals surface area contributed by atoms with E-state index in [4.69, 9.17) is 8.83 Å². The third-order valence-electron chi connectivity index (χ3n) is 24.3. The van der Waals surface area contributed by atoms with Gasteiger partial charge in [-0.15, -0.1) is 0 Å². The number of fused-ring (bicyclic) bond motifs is 29. The number of aromatic nitrogens is 2. The van der Waals surface area contributed by atoms with Crippen LogP contribution in [0.3, 0.4) is 0 Å². The lowest BCUT2D eigenvalue weighted by atomic mass is 9.82. The van der Waals surface area contributed by atoms with Gasteiger partial charge in [0, 0.05) is 65.3 Å². The second kappa shape index (κ2) is 21.7. The van der Waals surface area contributed by atoms with Crippen molar-refractivity contribution in [3.63, 3.8) is 0 Å². The van der Waals surface area contributed by atoms with E-state index < -0.39 is 0 Å². The van der Waals surface area contributed by atoms with E-state index in [-0.39, 0.29) is 10.8 Å². The molecule has 0 radical (unpaired) electrons. The first-order chi connectivity index (χ1) is 52.1.